The van der Waals surface area contributed by atoms with Gasteiger partial charge in [0.05, 0.1) is 19.3 Å². The fraction of sp³-hybridized carbons (Fsp3) is 0.875. The van der Waals surface area contributed by atoms with Gasteiger partial charge in [-0.1, -0.05) is 0 Å². The summed E-state index contributed by atoms with van der Waals surface area (Å²) < 4.78 is 9.94. The van der Waals surface area contributed by atoms with E-state index < -0.39 is 0 Å². The van der Waals surface area contributed by atoms with Crippen LogP contribution in [-0.2, 0) is 9.47 Å². The van der Waals surface area contributed by atoms with Crippen molar-refractivity contribution in [2.24, 2.45) is 0 Å². The second-order valence-corrected chi connectivity index (χ2v) is 3.01. The molecule has 4 nitrogen and oxygen atoms in total. The molecule has 0 aromatic rings. The minimum atomic E-state index is -0.294. The smallest absolute Gasteiger partial charge is 0.409 e. The topological polar surface area (TPSA) is 38.8 Å². The van der Waals surface area contributed by atoms with E-state index in [9.17, 15) is 4.79 Å². The molecular formula is C8H15NO3. The van der Waals surface area contributed by atoms with E-state index in [4.69, 9.17) is 4.74 Å². The molecule has 1 heterocycles. The Morgan fingerprint density at radius 1 is 1.67 bits per heavy atom. The molecule has 2 unspecified atom stereocenters. The molecular weight excluding hydrogens is 158 g/mol. The lowest BCUT2D eigenvalue weighted by atomic mass is 10.1. The summed E-state index contributed by atoms with van der Waals surface area (Å²) in [6, 6.07) is 0.164. The van der Waals surface area contributed by atoms with Gasteiger partial charge in [0, 0.05) is 13.7 Å². The molecule has 0 aromatic carbocycles. The molecule has 1 saturated heterocycles. The normalized spacial score (nSPS) is 28.6. The number of amides is 1. The van der Waals surface area contributed by atoms with Gasteiger partial charge in [0.1, 0.15) is 0 Å². The van der Waals surface area contributed by atoms with Crippen molar-refractivity contribution >= 4 is 6.09 Å². The number of rotatable bonds is 1. The van der Waals surface area contributed by atoms with Gasteiger partial charge in [-0.15, -0.1) is 0 Å². The predicted octanol–water partition coefficient (Wildman–Crippen LogP) is 0.862. The molecule has 0 bridgehead atoms. The fourth-order valence-corrected chi connectivity index (χ4v) is 1.51. The van der Waals surface area contributed by atoms with E-state index in [-0.39, 0.29) is 18.2 Å². The summed E-state index contributed by atoms with van der Waals surface area (Å²) in [5, 5.41) is 0. The minimum Gasteiger partial charge on any atom is -0.453 e. The number of carbonyl (C=O) groups excluding carboxylic acids is 1. The van der Waals surface area contributed by atoms with Crippen LogP contribution in [0, 0.1) is 0 Å². The number of likely N-dealkylation sites (N-methyl/N-ethyl adjacent to an activating group) is 1. The summed E-state index contributed by atoms with van der Waals surface area (Å²) in [5.41, 5.74) is 0. The van der Waals surface area contributed by atoms with Crippen molar-refractivity contribution in [3.8, 4) is 0 Å². The Balaban J connectivity index is 2.51. The molecule has 70 valence electrons. The molecule has 0 radical (unpaired) electrons. The van der Waals surface area contributed by atoms with Gasteiger partial charge in [-0.3, -0.25) is 0 Å². The third-order valence-corrected chi connectivity index (χ3v) is 2.30. The maximum atomic E-state index is 11.1. The molecule has 1 fully saturated rings. The summed E-state index contributed by atoms with van der Waals surface area (Å²) in [7, 11) is 3.13. The first-order valence-electron chi connectivity index (χ1n) is 4.09. The average Bonchev–Trinajstić information content (AvgIpc) is 2.48. The molecule has 1 rings (SSSR count). The molecule has 4 heteroatoms. The zero-order valence-corrected chi connectivity index (χ0v) is 7.74. The van der Waals surface area contributed by atoms with Gasteiger partial charge in [0.2, 0.25) is 0 Å². The molecule has 1 aliphatic rings. The molecule has 0 aliphatic carbocycles. The Morgan fingerprint density at radius 3 is 2.75 bits per heavy atom. The first-order chi connectivity index (χ1) is 5.66. The molecule has 2 atom stereocenters. The van der Waals surface area contributed by atoms with Crippen LogP contribution in [0.25, 0.3) is 0 Å². The van der Waals surface area contributed by atoms with Crippen molar-refractivity contribution in [2.45, 2.75) is 25.5 Å². The summed E-state index contributed by atoms with van der Waals surface area (Å²) in [5.74, 6) is 0. The highest BCUT2D eigenvalue weighted by atomic mass is 16.5. The molecule has 12 heavy (non-hydrogen) atoms. The summed E-state index contributed by atoms with van der Waals surface area (Å²) >= 11 is 0. The van der Waals surface area contributed by atoms with Crippen LogP contribution in [0.3, 0.4) is 0 Å². The largest absolute Gasteiger partial charge is 0.453 e. The lowest BCUT2D eigenvalue weighted by Crippen LogP contribution is -2.40. The van der Waals surface area contributed by atoms with Crippen LogP contribution in [0.5, 0.6) is 0 Å². The minimum absolute atomic E-state index is 0.120. The number of nitrogens with zero attached hydrogens (tertiary/aromatic N) is 1. The Morgan fingerprint density at radius 2 is 2.33 bits per heavy atom. The Hall–Kier alpha value is -0.770. The van der Waals surface area contributed by atoms with Crippen LogP contribution in [0.4, 0.5) is 4.79 Å². The van der Waals surface area contributed by atoms with Crippen LogP contribution in [0.2, 0.25) is 0 Å². The number of carbonyl (C=O) groups is 1. The van der Waals surface area contributed by atoms with Gasteiger partial charge in [0.15, 0.2) is 0 Å². The molecule has 0 spiro atoms. The quantitative estimate of drug-likeness (QED) is 0.590. The van der Waals surface area contributed by atoms with Crippen molar-refractivity contribution in [2.75, 3.05) is 20.8 Å². The molecule has 0 N–H and O–H groups in total. The fourth-order valence-electron chi connectivity index (χ4n) is 1.51. The zero-order valence-electron chi connectivity index (χ0n) is 7.74. The van der Waals surface area contributed by atoms with Crippen molar-refractivity contribution in [1.29, 1.82) is 0 Å². The highest BCUT2D eigenvalue weighted by Crippen LogP contribution is 2.18. The van der Waals surface area contributed by atoms with Crippen molar-refractivity contribution in [3.63, 3.8) is 0 Å². The SMILES string of the molecule is COC(=O)N(C)C1CCOC1C. The number of hydrogen-bond acceptors (Lipinski definition) is 3. The number of hydrogen-bond donors (Lipinski definition) is 0. The van der Waals surface area contributed by atoms with Crippen LogP contribution in [0.1, 0.15) is 13.3 Å². The third kappa shape index (κ3) is 1.69. The van der Waals surface area contributed by atoms with Crippen molar-refractivity contribution < 1.29 is 14.3 Å². The van der Waals surface area contributed by atoms with Crippen LogP contribution >= 0.6 is 0 Å². The zero-order chi connectivity index (χ0) is 9.14. The summed E-state index contributed by atoms with van der Waals surface area (Å²) in [6.45, 7) is 2.70. The predicted molar refractivity (Wildman–Crippen MR) is 44.0 cm³/mol. The molecule has 1 amide bonds. The monoisotopic (exact) mass is 173 g/mol. The van der Waals surface area contributed by atoms with Crippen LogP contribution < -0.4 is 0 Å². The molecule has 0 saturated carbocycles. The molecule has 1 aliphatic heterocycles. The lowest BCUT2D eigenvalue weighted by molar-refractivity contribution is 0.0718. The third-order valence-electron chi connectivity index (χ3n) is 2.30. The van der Waals surface area contributed by atoms with Gasteiger partial charge in [-0.2, -0.15) is 0 Å². The van der Waals surface area contributed by atoms with Crippen molar-refractivity contribution in [3.05, 3.63) is 0 Å². The van der Waals surface area contributed by atoms with Gasteiger partial charge in [0.25, 0.3) is 0 Å². The summed E-state index contributed by atoms with van der Waals surface area (Å²) in [6.07, 6.45) is 0.721. The van der Waals surface area contributed by atoms with E-state index in [1.165, 1.54) is 7.11 Å². The first-order valence-corrected chi connectivity index (χ1v) is 4.09. The van der Waals surface area contributed by atoms with Gasteiger partial charge >= 0.3 is 6.09 Å². The van der Waals surface area contributed by atoms with E-state index in [0.29, 0.717) is 0 Å². The maximum Gasteiger partial charge on any atom is 0.409 e. The van der Waals surface area contributed by atoms with Crippen molar-refractivity contribution in [1.82, 2.24) is 4.90 Å². The standard InChI is InChI=1S/C8H15NO3/c1-6-7(4-5-12-6)9(2)8(10)11-3/h6-7H,4-5H2,1-3H3. The Labute approximate surface area is 72.4 Å². The van der Waals surface area contributed by atoms with Gasteiger partial charge in [-0.25, -0.2) is 4.79 Å². The highest BCUT2D eigenvalue weighted by molar-refractivity contribution is 5.67. The first kappa shape index (κ1) is 9.32. The van der Waals surface area contributed by atoms with E-state index in [0.717, 1.165) is 13.0 Å². The summed E-state index contributed by atoms with van der Waals surface area (Å²) in [4.78, 5) is 12.7. The Bertz CT molecular complexity index is 172. The van der Waals surface area contributed by atoms with E-state index in [1.54, 1.807) is 11.9 Å². The van der Waals surface area contributed by atoms with Gasteiger partial charge < -0.3 is 14.4 Å². The lowest BCUT2D eigenvalue weighted by Gasteiger charge is -2.24. The number of ether oxygens (including phenoxy) is 2. The number of methoxy groups -OCH3 is 1. The average molecular weight is 173 g/mol. The second-order valence-electron chi connectivity index (χ2n) is 3.01. The van der Waals surface area contributed by atoms with E-state index >= 15 is 0 Å². The molecule has 0 aromatic heterocycles. The second kappa shape index (κ2) is 3.76. The van der Waals surface area contributed by atoms with Crippen LogP contribution in [-0.4, -0.2) is 43.9 Å². The van der Waals surface area contributed by atoms with Gasteiger partial charge in [-0.05, 0) is 13.3 Å². The van der Waals surface area contributed by atoms with E-state index in [2.05, 4.69) is 4.74 Å². The maximum absolute atomic E-state index is 11.1. The highest BCUT2D eigenvalue weighted by Gasteiger charge is 2.30. The van der Waals surface area contributed by atoms with E-state index in [1.807, 2.05) is 6.92 Å². The Kier molecular flexibility index (Phi) is 2.92. The van der Waals surface area contributed by atoms with Crippen LogP contribution in [0.15, 0.2) is 0 Å².